The number of carbonyl (C=O) groups is 2. The number of fused-ring (bicyclic) bond motifs is 1. The van der Waals surface area contributed by atoms with Crippen LogP contribution in [0.4, 0.5) is 0 Å². The van der Waals surface area contributed by atoms with Crippen molar-refractivity contribution in [1.29, 1.82) is 0 Å². The number of rotatable bonds is 7. The molecule has 1 saturated heterocycles. The van der Waals surface area contributed by atoms with Crippen LogP contribution in [-0.4, -0.2) is 45.7 Å². The predicted octanol–water partition coefficient (Wildman–Crippen LogP) is 4.13. The van der Waals surface area contributed by atoms with Gasteiger partial charge in [0.15, 0.2) is 0 Å². The minimum atomic E-state index is -0.693. The van der Waals surface area contributed by atoms with Crippen LogP contribution < -0.4 is 10.1 Å². The Labute approximate surface area is 196 Å². The van der Waals surface area contributed by atoms with Crippen LogP contribution in [0.2, 0.25) is 0 Å². The number of ether oxygens (including phenoxy) is 1. The molecule has 0 aliphatic carbocycles. The molecule has 3 aromatic rings. The summed E-state index contributed by atoms with van der Waals surface area (Å²) in [6.07, 6.45) is 4.42. The zero-order valence-electron chi connectivity index (χ0n) is 17.8. The lowest BCUT2D eigenvalue weighted by molar-refractivity contribution is -0.132. The number of amides is 2. The quantitative estimate of drug-likeness (QED) is 0.406. The second-order valence-corrected chi connectivity index (χ2v) is 9.08. The van der Waals surface area contributed by atoms with Gasteiger partial charge < -0.3 is 15.0 Å². The number of thiocarbonyl (C=S) groups is 1. The molecule has 0 spiro atoms. The van der Waals surface area contributed by atoms with Crippen LogP contribution in [0, 0.1) is 0 Å². The first-order valence-electron chi connectivity index (χ1n) is 10.2. The highest BCUT2D eigenvalue weighted by molar-refractivity contribution is 8.26. The van der Waals surface area contributed by atoms with Crippen molar-refractivity contribution < 1.29 is 14.3 Å². The van der Waals surface area contributed by atoms with Crippen molar-refractivity contribution in [1.82, 2.24) is 15.2 Å². The lowest BCUT2D eigenvalue weighted by Crippen LogP contribution is -2.47. The lowest BCUT2D eigenvalue weighted by atomic mass is 10.1. The zero-order valence-corrected chi connectivity index (χ0v) is 19.4. The van der Waals surface area contributed by atoms with Crippen LogP contribution in [0.1, 0.15) is 18.1 Å². The minimum Gasteiger partial charge on any atom is -0.497 e. The molecule has 164 valence electrons. The summed E-state index contributed by atoms with van der Waals surface area (Å²) >= 11 is 6.61. The molecule has 2 N–H and O–H groups in total. The molecule has 0 unspecified atom stereocenters. The summed E-state index contributed by atoms with van der Waals surface area (Å²) in [6.45, 7) is 2.17. The Kier molecular flexibility index (Phi) is 6.62. The van der Waals surface area contributed by atoms with E-state index in [1.807, 2.05) is 48.7 Å². The van der Waals surface area contributed by atoms with Crippen molar-refractivity contribution in [2.75, 3.05) is 13.7 Å². The molecule has 1 atom stereocenters. The van der Waals surface area contributed by atoms with Crippen molar-refractivity contribution in [2.24, 2.45) is 0 Å². The smallest absolute Gasteiger partial charge is 0.266 e. The number of aromatic nitrogens is 1. The number of benzene rings is 2. The van der Waals surface area contributed by atoms with Gasteiger partial charge in [0.2, 0.25) is 5.91 Å². The SMILES string of the molecule is COc1cccc(/C=C2\SC(=S)N([C@H](C)C(=O)NCCc3c[nH]c4ccccc34)C2=O)c1. The van der Waals surface area contributed by atoms with E-state index in [1.165, 1.54) is 16.7 Å². The van der Waals surface area contributed by atoms with Crippen molar-refractivity contribution in [3.63, 3.8) is 0 Å². The number of nitrogens with zero attached hydrogens (tertiary/aromatic N) is 1. The number of hydrogen-bond acceptors (Lipinski definition) is 5. The monoisotopic (exact) mass is 465 g/mol. The molecule has 6 nitrogen and oxygen atoms in total. The molecule has 32 heavy (non-hydrogen) atoms. The van der Waals surface area contributed by atoms with Crippen LogP contribution >= 0.6 is 24.0 Å². The molecule has 2 heterocycles. The zero-order chi connectivity index (χ0) is 22.7. The van der Waals surface area contributed by atoms with E-state index in [0.29, 0.717) is 27.9 Å². The summed E-state index contributed by atoms with van der Waals surface area (Å²) in [7, 11) is 1.59. The Morgan fingerprint density at radius 3 is 2.91 bits per heavy atom. The predicted molar refractivity (Wildman–Crippen MR) is 132 cm³/mol. The van der Waals surface area contributed by atoms with Crippen LogP contribution in [0.15, 0.2) is 59.6 Å². The molecule has 4 rings (SSSR count). The number of methoxy groups -OCH3 is 1. The van der Waals surface area contributed by atoms with Crippen molar-refractivity contribution in [3.8, 4) is 5.75 Å². The Morgan fingerprint density at radius 1 is 1.28 bits per heavy atom. The van der Waals surface area contributed by atoms with Crippen molar-refractivity contribution in [3.05, 3.63) is 70.8 Å². The van der Waals surface area contributed by atoms with E-state index in [0.717, 1.165) is 22.0 Å². The van der Waals surface area contributed by atoms with Gasteiger partial charge in [-0.05, 0) is 48.7 Å². The highest BCUT2D eigenvalue weighted by atomic mass is 32.2. The van der Waals surface area contributed by atoms with Crippen LogP contribution in [0.25, 0.3) is 17.0 Å². The van der Waals surface area contributed by atoms with Gasteiger partial charge in [0.1, 0.15) is 16.1 Å². The summed E-state index contributed by atoms with van der Waals surface area (Å²) in [4.78, 5) is 30.8. The number of aromatic amines is 1. The summed E-state index contributed by atoms with van der Waals surface area (Å²) in [5, 5.41) is 4.08. The molecule has 0 radical (unpaired) electrons. The first kappa shape index (κ1) is 22.1. The largest absolute Gasteiger partial charge is 0.497 e. The maximum absolute atomic E-state index is 13.0. The van der Waals surface area contributed by atoms with E-state index >= 15 is 0 Å². The molecule has 8 heteroatoms. The van der Waals surface area contributed by atoms with E-state index in [-0.39, 0.29) is 11.8 Å². The summed E-state index contributed by atoms with van der Waals surface area (Å²) in [6, 6.07) is 14.8. The summed E-state index contributed by atoms with van der Waals surface area (Å²) < 4.78 is 5.61. The average molecular weight is 466 g/mol. The number of H-pyrrole nitrogens is 1. The van der Waals surface area contributed by atoms with Gasteiger partial charge in [-0.1, -0.05) is 54.3 Å². The second-order valence-electron chi connectivity index (χ2n) is 7.40. The van der Waals surface area contributed by atoms with Gasteiger partial charge >= 0.3 is 0 Å². The molecular weight excluding hydrogens is 442 g/mol. The molecule has 1 aliphatic heterocycles. The van der Waals surface area contributed by atoms with E-state index in [4.69, 9.17) is 17.0 Å². The van der Waals surface area contributed by atoms with Crippen LogP contribution in [0.5, 0.6) is 5.75 Å². The van der Waals surface area contributed by atoms with Gasteiger partial charge in [-0.15, -0.1) is 0 Å². The van der Waals surface area contributed by atoms with E-state index in [9.17, 15) is 9.59 Å². The normalized spacial score (nSPS) is 16.1. The molecule has 1 fully saturated rings. The average Bonchev–Trinajstić information content (AvgIpc) is 3.33. The third kappa shape index (κ3) is 4.56. The fourth-order valence-corrected chi connectivity index (χ4v) is 5.04. The third-order valence-electron chi connectivity index (χ3n) is 5.35. The molecule has 0 saturated carbocycles. The third-order valence-corrected chi connectivity index (χ3v) is 6.68. The Bertz CT molecular complexity index is 1220. The van der Waals surface area contributed by atoms with Gasteiger partial charge in [0.05, 0.1) is 12.0 Å². The number of hydrogen-bond donors (Lipinski definition) is 2. The van der Waals surface area contributed by atoms with Gasteiger partial charge in [0, 0.05) is 23.6 Å². The van der Waals surface area contributed by atoms with E-state index < -0.39 is 6.04 Å². The Morgan fingerprint density at radius 2 is 2.09 bits per heavy atom. The molecule has 0 bridgehead atoms. The van der Waals surface area contributed by atoms with E-state index in [1.54, 1.807) is 20.1 Å². The van der Waals surface area contributed by atoms with Crippen LogP contribution in [0.3, 0.4) is 0 Å². The summed E-state index contributed by atoms with van der Waals surface area (Å²) in [5.41, 5.74) is 3.05. The molecule has 1 aromatic heterocycles. The maximum Gasteiger partial charge on any atom is 0.266 e. The number of para-hydroxylation sites is 1. The van der Waals surface area contributed by atoms with Gasteiger partial charge in [-0.3, -0.25) is 14.5 Å². The van der Waals surface area contributed by atoms with Gasteiger partial charge in [-0.2, -0.15) is 0 Å². The van der Waals surface area contributed by atoms with Crippen molar-refractivity contribution >= 4 is 57.1 Å². The molecule has 2 amide bonds. The molecular formula is C24H23N3O3S2. The van der Waals surface area contributed by atoms with Gasteiger partial charge in [0.25, 0.3) is 5.91 Å². The van der Waals surface area contributed by atoms with Crippen LogP contribution in [-0.2, 0) is 16.0 Å². The van der Waals surface area contributed by atoms with Crippen molar-refractivity contribution in [2.45, 2.75) is 19.4 Å². The first-order valence-corrected chi connectivity index (χ1v) is 11.4. The Hall–Kier alpha value is -3.10. The standard InChI is InChI=1S/C24H23N3O3S2/c1-15(22(28)25-11-10-17-14-26-20-9-4-3-8-19(17)20)27-23(29)21(32-24(27)31)13-16-6-5-7-18(12-16)30-2/h3-9,12-15,26H,10-11H2,1-2H3,(H,25,28)/b21-13-/t15-/m1/s1. The fourth-order valence-electron chi connectivity index (χ4n) is 3.62. The first-order chi connectivity index (χ1) is 15.5. The highest BCUT2D eigenvalue weighted by Gasteiger charge is 2.38. The fraction of sp³-hybridized carbons (Fsp3) is 0.208. The number of nitrogens with one attached hydrogen (secondary N) is 2. The van der Waals surface area contributed by atoms with E-state index in [2.05, 4.69) is 16.4 Å². The highest BCUT2D eigenvalue weighted by Crippen LogP contribution is 2.34. The molecule has 1 aliphatic rings. The lowest BCUT2D eigenvalue weighted by Gasteiger charge is -2.22. The van der Waals surface area contributed by atoms with Gasteiger partial charge in [-0.25, -0.2) is 0 Å². The second kappa shape index (κ2) is 9.58. The Balaban J connectivity index is 1.39. The topological polar surface area (TPSA) is 74.4 Å². The number of thioether (sulfide) groups is 1. The molecule has 2 aromatic carbocycles. The maximum atomic E-state index is 13.0. The summed E-state index contributed by atoms with van der Waals surface area (Å²) in [5.74, 6) is 0.211. The minimum absolute atomic E-state index is 0.233. The number of carbonyl (C=O) groups excluding carboxylic acids is 2.